The molecule has 0 unspecified atom stereocenters. The van der Waals surface area contributed by atoms with Gasteiger partial charge >= 0.3 is 5.95 Å². The van der Waals surface area contributed by atoms with Gasteiger partial charge in [0.05, 0.1) is 0 Å². The number of hydrogen-bond donors (Lipinski definition) is 1. The molecule has 1 aromatic heterocycles. The van der Waals surface area contributed by atoms with Crippen molar-refractivity contribution in [2.45, 2.75) is 19.8 Å². The number of oxazole rings is 1. The second-order valence-corrected chi connectivity index (χ2v) is 2.20. The minimum Gasteiger partial charge on any atom is -0.479 e. The van der Waals surface area contributed by atoms with Gasteiger partial charge in [0.1, 0.15) is 5.69 Å². The minimum atomic E-state index is -0.0648. The monoisotopic (exact) mass is 127 g/mol. The van der Waals surface area contributed by atoms with E-state index in [2.05, 4.69) is 9.40 Å². The zero-order chi connectivity index (χ0) is 6.85. The summed E-state index contributed by atoms with van der Waals surface area (Å²) in [6, 6.07) is 0. The summed E-state index contributed by atoms with van der Waals surface area (Å²) in [4.78, 5) is 3.80. The SMILES string of the molecule is CC(C)c1ncoc1O. The van der Waals surface area contributed by atoms with Crippen LogP contribution in [-0.2, 0) is 0 Å². The van der Waals surface area contributed by atoms with E-state index in [1.54, 1.807) is 0 Å². The van der Waals surface area contributed by atoms with Gasteiger partial charge in [0.2, 0.25) is 0 Å². The molecule has 9 heavy (non-hydrogen) atoms. The van der Waals surface area contributed by atoms with Crippen LogP contribution in [0, 0.1) is 0 Å². The Morgan fingerprint density at radius 2 is 2.33 bits per heavy atom. The number of rotatable bonds is 1. The molecule has 0 saturated carbocycles. The van der Waals surface area contributed by atoms with E-state index in [1.807, 2.05) is 13.8 Å². The van der Waals surface area contributed by atoms with Crippen LogP contribution in [0.1, 0.15) is 25.5 Å². The normalized spacial score (nSPS) is 10.6. The van der Waals surface area contributed by atoms with Crippen molar-refractivity contribution >= 4 is 0 Å². The average Bonchev–Trinajstić information content (AvgIpc) is 2.13. The summed E-state index contributed by atoms with van der Waals surface area (Å²) in [5.41, 5.74) is 0.620. The van der Waals surface area contributed by atoms with E-state index < -0.39 is 0 Å². The Labute approximate surface area is 53.3 Å². The fraction of sp³-hybridized carbons (Fsp3) is 0.500. The Hall–Kier alpha value is -0.990. The third kappa shape index (κ3) is 1.04. The number of nitrogens with zero attached hydrogens (tertiary/aromatic N) is 1. The van der Waals surface area contributed by atoms with Crippen LogP contribution >= 0.6 is 0 Å². The summed E-state index contributed by atoms with van der Waals surface area (Å²) in [6.07, 6.45) is 1.24. The first-order chi connectivity index (χ1) is 4.22. The maximum atomic E-state index is 8.89. The molecule has 0 aliphatic heterocycles. The van der Waals surface area contributed by atoms with Gasteiger partial charge in [0.15, 0.2) is 6.39 Å². The van der Waals surface area contributed by atoms with Gasteiger partial charge in [-0.3, -0.25) is 0 Å². The quantitative estimate of drug-likeness (QED) is 0.621. The maximum Gasteiger partial charge on any atom is 0.306 e. The molecule has 0 saturated heterocycles. The highest BCUT2D eigenvalue weighted by Gasteiger charge is 2.08. The van der Waals surface area contributed by atoms with Gasteiger partial charge in [-0.15, -0.1) is 0 Å². The first kappa shape index (κ1) is 6.13. The molecule has 0 aromatic carbocycles. The van der Waals surface area contributed by atoms with Crippen LogP contribution in [0.4, 0.5) is 0 Å². The number of aromatic hydroxyl groups is 1. The van der Waals surface area contributed by atoms with Crippen molar-refractivity contribution in [3.05, 3.63) is 12.1 Å². The molecule has 1 rings (SSSR count). The lowest BCUT2D eigenvalue weighted by atomic mass is 10.1. The van der Waals surface area contributed by atoms with Crippen LogP contribution in [0.2, 0.25) is 0 Å². The molecule has 0 atom stereocenters. The molecule has 0 spiro atoms. The third-order valence-electron chi connectivity index (χ3n) is 1.12. The van der Waals surface area contributed by atoms with Gasteiger partial charge < -0.3 is 9.52 Å². The Balaban J connectivity index is 2.94. The maximum absolute atomic E-state index is 8.89. The Morgan fingerprint density at radius 3 is 2.56 bits per heavy atom. The van der Waals surface area contributed by atoms with E-state index >= 15 is 0 Å². The molecular weight excluding hydrogens is 118 g/mol. The summed E-state index contributed by atoms with van der Waals surface area (Å²) < 4.78 is 4.57. The fourth-order valence-corrected chi connectivity index (χ4v) is 0.645. The molecule has 0 aliphatic rings. The average molecular weight is 127 g/mol. The lowest BCUT2D eigenvalue weighted by molar-refractivity contribution is 0.326. The molecule has 0 aliphatic carbocycles. The Bertz CT molecular complexity index is 193. The first-order valence-corrected chi connectivity index (χ1v) is 2.84. The number of aromatic nitrogens is 1. The third-order valence-corrected chi connectivity index (χ3v) is 1.12. The molecule has 1 aromatic rings. The smallest absolute Gasteiger partial charge is 0.306 e. The summed E-state index contributed by atoms with van der Waals surface area (Å²) >= 11 is 0. The highest BCUT2D eigenvalue weighted by molar-refractivity contribution is 5.14. The molecule has 1 N–H and O–H groups in total. The molecule has 0 amide bonds. The summed E-state index contributed by atoms with van der Waals surface area (Å²) in [5.74, 6) is 0.161. The Morgan fingerprint density at radius 1 is 1.67 bits per heavy atom. The lowest BCUT2D eigenvalue weighted by Crippen LogP contribution is -1.85. The molecule has 3 heteroatoms. The van der Waals surface area contributed by atoms with Crippen molar-refractivity contribution in [2.75, 3.05) is 0 Å². The molecule has 50 valence electrons. The van der Waals surface area contributed by atoms with E-state index in [1.165, 1.54) is 6.39 Å². The van der Waals surface area contributed by atoms with Gasteiger partial charge in [-0.25, -0.2) is 4.98 Å². The Kier molecular flexibility index (Phi) is 1.42. The van der Waals surface area contributed by atoms with E-state index in [4.69, 9.17) is 5.11 Å². The largest absolute Gasteiger partial charge is 0.479 e. The second kappa shape index (κ2) is 2.09. The summed E-state index contributed by atoms with van der Waals surface area (Å²) in [5, 5.41) is 8.89. The second-order valence-electron chi connectivity index (χ2n) is 2.20. The number of hydrogen-bond acceptors (Lipinski definition) is 3. The van der Waals surface area contributed by atoms with Crippen molar-refractivity contribution in [1.29, 1.82) is 0 Å². The van der Waals surface area contributed by atoms with Crippen molar-refractivity contribution < 1.29 is 9.52 Å². The fourth-order valence-electron chi connectivity index (χ4n) is 0.645. The van der Waals surface area contributed by atoms with Crippen LogP contribution in [-0.4, -0.2) is 10.1 Å². The predicted molar refractivity (Wildman–Crippen MR) is 32.3 cm³/mol. The van der Waals surface area contributed by atoms with Gasteiger partial charge in [-0.05, 0) is 0 Å². The van der Waals surface area contributed by atoms with Crippen LogP contribution in [0.5, 0.6) is 5.95 Å². The zero-order valence-corrected chi connectivity index (χ0v) is 5.46. The molecule has 0 radical (unpaired) electrons. The van der Waals surface area contributed by atoms with Crippen molar-refractivity contribution in [2.24, 2.45) is 0 Å². The van der Waals surface area contributed by atoms with Gasteiger partial charge in [-0.1, -0.05) is 13.8 Å². The van der Waals surface area contributed by atoms with E-state index in [0.29, 0.717) is 5.69 Å². The highest BCUT2D eigenvalue weighted by atomic mass is 16.5. The first-order valence-electron chi connectivity index (χ1n) is 2.84. The minimum absolute atomic E-state index is 0.0648. The zero-order valence-electron chi connectivity index (χ0n) is 5.46. The summed E-state index contributed by atoms with van der Waals surface area (Å²) in [7, 11) is 0. The molecular formula is C6H9NO2. The van der Waals surface area contributed by atoms with E-state index in [9.17, 15) is 0 Å². The summed E-state index contributed by atoms with van der Waals surface area (Å²) in [6.45, 7) is 3.88. The van der Waals surface area contributed by atoms with Gasteiger partial charge in [0.25, 0.3) is 0 Å². The van der Waals surface area contributed by atoms with Crippen LogP contribution < -0.4 is 0 Å². The lowest BCUT2D eigenvalue weighted by Gasteiger charge is -1.95. The standard InChI is InChI=1S/C6H9NO2/c1-4(2)5-6(8)9-3-7-5/h3-4,8H,1-2H3. The van der Waals surface area contributed by atoms with E-state index in [-0.39, 0.29) is 11.9 Å². The van der Waals surface area contributed by atoms with Crippen LogP contribution in [0.25, 0.3) is 0 Å². The van der Waals surface area contributed by atoms with Gasteiger partial charge in [-0.2, -0.15) is 0 Å². The predicted octanol–water partition coefficient (Wildman–Crippen LogP) is 1.50. The molecule has 0 fully saturated rings. The molecule has 0 bridgehead atoms. The van der Waals surface area contributed by atoms with Crippen LogP contribution in [0.3, 0.4) is 0 Å². The van der Waals surface area contributed by atoms with Crippen molar-refractivity contribution in [3.63, 3.8) is 0 Å². The highest BCUT2D eigenvalue weighted by Crippen LogP contribution is 2.22. The van der Waals surface area contributed by atoms with Crippen molar-refractivity contribution in [3.8, 4) is 5.95 Å². The van der Waals surface area contributed by atoms with Gasteiger partial charge in [0, 0.05) is 5.92 Å². The van der Waals surface area contributed by atoms with Crippen LogP contribution in [0.15, 0.2) is 10.8 Å². The van der Waals surface area contributed by atoms with Crippen molar-refractivity contribution in [1.82, 2.24) is 4.98 Å². The molecule has 1 heterocycles. The molecule has 3 nitrogen and oxygen atoms in total. The topological polar surface area (TPSA) is 46.3 Å². The van der Waals surface area contributed by atoms with E-state index in [0.717, 1.165) is 0 Å².